The number of aromatic nitrogens is 2. The van der Waals surface area contributed by atoms with Gasteiger partial charge in [-0.3, -0.25) is 9.97 Å². The first-order valence-corrected chi connectivity index (χ1v) is 7.82. The molecule has 0 unspecified atom stereocenters. The van der Waals surface area contributed by atoms with Crippen molar-refractivity contribution in [1.82, 2.24) is 9.97 Å². The SMILES string of the molecule is COc1ccc(/C=C/C(=O)OCc2nc(C)c(C)nc2C)c(OC)c1. The highest BCUT2D eigenvalue weighted by atomic mass is 16.5. The molecule has 6 heteroatoms. The summed E-state index contributed by atoms with van der Waals surface area (Å²) < 4.78 is 15.7. The van der Waals surface area contributed by atoms with Gasteiger partial charge in [-0.1, -0.05) is 0 Å². The number of esters is 1. The number of carbonyl (C=O) groups is 1. The van der Waals surface area contributed by atoms with Crippen LogP contribution in [0.2, 0.25) is 0 Å². The third-order valence-electron chi connectivity index (χ3n) is 3.77. The second-order valence-electron chi connectivity index (χ2n) is 5.48. The molecule has 0 N–H and O–H groups in total. The van der Waals surface area contributed by atoms with Crippen LogP contribution in [0.5, 0.6) is 11.5 Å². The number of hydrogen-bond donors (Lipinski definition) is 0. The van der Waals surface area contributed by atoms with Crippen molar-refractivity contribution in [2.75, 3.05) is 14.2 Å². The van der Waals surface area contributed by atoms with Gasteiger partial charge in [-0.2, -0.15) is 0 Å². The Labute approximate surface area is 147 Å². The van der Waals surface area contributed by atoms with E-state index in [1.54, 1.807) is 38.5 Å². The van der Waals surface area contributed by atoms with Crippen LogP contribution in [0.3, 0.4) is 0 Å². The zero-order chi connectivity index (χ0) is 18.4. The fourth-order valence-corrected chi connectivity index (χ4v) is 2.20. The fourth-order valence-electron chi connectivity index (χ4n) is 2.20. The lowest BCUT2D eigenvalue weighted by Crippen LogP contribution is -2.07. The Morgan fingerprint density at radius 2 is 1.76 bits per heavy atom. The smallest absolute Gasteiger partial charge is 0.331 e. The molecule has 0 aliphatic heterocycles. The van der Waals surface area contributed by atoms with E-state index in [0.29, 0.717) is 17.2 Å². The molecular weight excluding hydrogens is 320 g/mol. The molecule has 25 heavy (non-hydrogen) atoms. The summed E-state index contributed by atoms with van der Waals surface area (Å²) in [5, 5.41) is 0. The average molecular weight is 342 g/mol. The largest absolute Gasteiger partial charge is 0.497 e. The quantitative estimate of drug-likeness (QED) is 0.593. The topological polar surface area (TPSA) is 70.5 Å². The molecule has 1 heterocycles. The molecule has 0 saturated heterocycles. The first-order valence-electron chi connectivity index (χ1n) is 7.82. The van der Waals surface area contributed by atoms with Crippen LogP contribution in [0.4, 0.5) is 0 Å². The van der Waals surface area contributed by atoms with Crippen molar-refractivity contribution in [2.45, 2.75) is 27.4 Å². The molecule has 132 valence electrons. The summed E-state index contributed by atoms with van der Waals surface area (Å²) in [7, 11) is 3.14. The van der Waals surface area contributed by atoms with Crippen molar-refractivity contribution in [3.8, 4) is 11.5 Å². The monoisotopic (exact) mass is 342 g/mol. The molecule has 0 aliphatic rings. The Morgan fingerprint density at radius 1 is 1.04 bits per heavy atom. The van der Waals surface area contributed by atoms with Gasteiger partial charge in [0.25, 0.3) is 0 Å². The van der Waals surface area contributed by atoms with Gasteiger partial charge >= 0.3 is 5.97 Å². The summed E-state index contributed by atoms with van der Waals surface area (Å²) >= 11 is 0. The number of hydrogen-bond acceptors (Lipinski definition) is 6. The van der Waals surface area contributed by atoms with E-state index in [2.05, 4.69) is 9.97 Å². The number of aryl methyl sites for hydroxylation is 3. The van der Waals surface area contributed by atoms with Gasteiger partial charge in [0.15, 0.2) is 0 Å². The normalized spacial score (nSPS) is 10.8. The molecule has 0 amide bonds. The summed E-state index contributed by atoms with van der Waals surface area (Å²) in [6.45, 7) is 5.71. The van der Waals surface area contributed by atoms with Crippen molar-refractivity contribution in [1.29, 1.82) is 0 Å². The van der Waals surface area contributed by atoms with Gasteiger partial charge in [0.2, 0.25) is 0 Å². The van der Waals surface area contributed by atoms with Crippen molar-refractivity contribution < 1.29 is 19.0 Å². The minimum atomic E-state index is -0.461. The maximum absolute atomic E-state index is 12.0. The fraction of sp³-hybridized carbons (Fsp3) is 0.316. The van der Waals surface area contributed by atoms with Crippen LogP contribution >= 0.6 is 0 Å². The molecule has 0 spiro atoms. The predicted octanol–water partition coefficient (Wildman–Crippen LogP) is 3.18. The lowest BCUT2D eigenvalue weighted by atomic mass is 10.2. The molecule has 0 bridgehead atoms. The van der Waals surface area contributed by atoms with E-state index in [4.69, 9.17) is 14.2 Å². The highest BCUT2D eigenvalue weighted by molar-refractivity contribution is 5.87. The summed E-state index contributed by atoms with van der Waals surface area (Å²) in [5.74, 6) is 0.830. The van der Waals surface area contributed by atoms with E-state index >= 15 is 0 Å². The van der Waals surface area contributed by atoms with Crippen LogP contribution in [0.1, 0.15) is 28.3 Å². The van der Waals surface area contributed by atoms with Crippen molar-refractivity contribution >= 4 is 12.0 Å². The van der Waals surface area contributed by atoms with Crippen LogP contribution in [0.15, 0.2) is 24.3 Å². The highest BCUT2D eigenvalue weighted by Gasteiger charge is 2.08. The minimum absolute atomic E-state index is 0.0862. The molecule has 0 saturated carbocycles. The van der Waals surface area contributed by atoms with E-state index in [1.807, 2.05) is 20.8 Å². The van der Waals surface area contributed by atoms with Crippen LogP contribution in [-0.4, -0.2) is 30.2 Å². The summed E-state index contributed by atoms with van der Waals surface area (Å²) in [6, 6.07) is 5.35. The number of benzene rings is 1. The standard InChI is InChI=1S/C19H22N2O4/c1-12-13(2)21-17(14(3)20-12)11-25-19(22)9-7-15-6-8-16(23-4)10-18(15)24-5/h6-10H,11H2,1-5H3/b9-7+. The minimum Gasteiger partial charge on any atom is -0.497 e. The zero-order valence-corrected chi connectivity index (χ0v) is 15.1. The maximum atomic E-state index is 12.0. The molecule has 0 aliphatic carbocycles. The number of rotatable bonds is 6. The summed E-state index contributed by atoms with van der Waals surface area (Å²) in [6.07, 6.45) is 2.99. The Hall–Kier alpha value is -2.89. The van der Waals surface area contributed by atoms with Crippen LogP contribution in [0, 0.1) is 20.8 Å². The first-order chi connectivity index (χ1) is 11.9. The molecule has 2 aromatic rings. The molecular formula is C19H22N2O4. The van der Waals surface area contributed by atoms with Gasteiger partial charge in [-0.05, 0) is 39.0 Å². The first kappa shape index (κ1) is 18.4. The van der Waals surface area contributed by atoms with Gasteiger partial charge in [0.05, 0.1) is 37.0 Å². The van der Waals surface area contributed by atoms with Crippen molar-refractivity contribution in [3.05, 3.63) is 52.6 Å². The second kappa shape index (κ2) is 8.28. The van der Waals surface area contributed by atoms with Gasteiger partial charge in [-0.15, -0.1) is 0 Å². The Kier molecular flexibility index (Phi) is 6.11. The lowest BCUT2D eigenvalue weighted by Gasteiger charge is -2.08. The molecule has 0 fully saturated rings. The number of carbonyl (C=O) groups excluding carboxylic acids is 1. The summed E-state index contributed by atoms with van der Waals surface area (Å²) in [5.41, 5.74) is 3.88. The Bertz CT molecular complexity index is 800. The van der Waals surface area contributed by atoms with E-state index in [9.17, 15) is 4.79 Å². The molecule has 2 rings (SSSR count). The van der Waals surface area contributed by atoms with Gasteiger partial charge in [-0.25, -0.2) is 4.79 Å². The predicted molar refractivity (Wildman–Crippen MR) is 94.6 cm³/mol. The molecule has 0 radical (unpaired) electrons. The highest BCUT2D eigenvalue weighted by Crippen LogP contribution is 2.25. The zero-order valence-electron chi connectivity index (χ0n) is 15.1. The molecule has 6 nitrogen and oxygen atoms in total. The van der Waals surface area contributed by atoms with Crippen LogP contribution < -0.4 is 9.47 Å². The van der Waals surface area contributed by atoms with E-state index in [1.165, 1.54) is 6.08 Å². The molecule has 1 aromatic carbocycles. The van der Waals surface area contributed by atoms with E-state index in [-0.39, 0.29) is 6.61 Å². The maximum Gasteiger partial charge on any atom is 0.331 e. The van der Waals surface area contributed by atoms with Crippen LogP contribution in [-0.2, 0) is 16.1 Å². The third kappa shape index (κ3) is 4.79. The lowest BCUT2D eigenvalue weighted by molar-refractivity contribution is -0.139. The van der Waals surface area contributed by atoms with Crippen molar-refractivity contribution in [3.63, 3.8) is 0 Å². The average Bonchev–Trinajstić information content (AvgIpc) is 2.61. The number of nitrogens with zero attached hydrogens (tertiary/aromatic N) is 2. The Balaban J connectivity index is 2.03. The van der Waals surface area contributed by atoms with Crippen molar-refractivity contribution in [2.24, 2.45) is 0 Å². The van der Waals surface area contributed by atoms with Gasteiger partial charge in [0, 0.05) is 17.7 Å². The van der Waals surface area contributed by atoms with Gasteiger partial charge in [0.1, 0.15) is 18.1 Å². The Morgan fingerprint density at radius 3 is 2.44 bits per heavy atom. The van der Waals surface area contributed by atoms with E-state index in [0.717, 1.165) is 22.6 Å². The number of methoxy groups -OCH3 is 2. The van der Waals surface area contributed by atoms with Crippen LogP contribution in [0.25, 0.3) is 6.08 Å². The number of ether oxygens (including phenoxy) is 3. The summed E-state index contributed by atoms with van der Waals surface area (Å²) in [4.78, 5) is 20.7. The second-order valence-corrected chi connectivity index (χ2v) is 5.48. The van der Waals surface area contributed by atoms with E-state index < -0.39 is 5.97 Å². The third-order valence-corrected chi connectivity index (χ3v) is 3.77. The molecule has 1 aromatic heterocycles. The molecule has 0 atom stereocenters. The van der Waals surface area contributed by atoms with Gasteiger partial charge < -0.3 is 14.2 Å².